The summed E-state index contributed by atoms with van der Waals surface area (Å²) >= 11 is 6.41. The highest BCUT2D eigenvalue weighted by molar-refractivity contribution is 7.73. The molecule has 4 saturated carbocycles. The van der Waals surface area contributed by atoms with Gasteiger partial charge in [-0.3, -0.25) is 4.79 Å². The lowest BCUT2D eigenvalue weighted by Crippen LogP contribution is -2.50. The predicted octanol–water partition coefficient (Wildman–Crippen LogP) is 1.90. The van der Waals surface area contributed by atoms with Crippen LogP contribution < -0.4 is 5.32 Å². The standard InChI is InChI=1S/C19H24ClNO4S/c1-21-19(23)14-3-2-13(16(20)18(14)26(24)25)17(22)15-11-5-9-4-10(7-11)8-12(15)6-9/h2-3,9-12,14-15,17,22H,4-8H2,1H3,(H,21,23). The quantitative estimate of drug-likeness (QED) is 0.712. The highest BCUT2D eigenvalue weighted by atomic mass is 35.5. The molecule has 4 bridgehead atoms. The van der Waals surface area contributed by atoms with Crippen LogP contribution in [0.15, 0.2) is 22.8 Å². The molecule has 5 nitrogen and oxygen atoms in total. The van der Waals surface area contributed by atoms with Crippen molar-refractivity contribution in [2.75, 3.05) is 7.05 Å². The number of aliphatic hydroxyl groups is 1. The lowest BCUT2D eigenvalue weighted by atomic mass is 9.50. The number of carbonyl (C=O) groups is 1. The first-order chi connectivity index (χ1) is 12.4. The summed E-state index contributed by atoms with van der Waals surface area (Å²) in [6.07, 6.45) is 8.38. The molecule has 0 saturated heterocycles. The summed E-state index contributed by atoms with van der Waals surface area (Å²) < 4.78 is 23.5. The van der Waals surface area contributed by atoms with E-state index in [2.05, 4.69) is 5.32 Å². The van der Waals surface area contributed by atoms with Crippen molar-refractivity contribution in [1.82, 2.24) is 5.32 Å². The van der Waals surface area contributed by atoms with Crippen LogP contribution >= 0.6 is 11.6 Å². The van der Waals surface area contributed by atoms with Crippen molar-refractivity contribution < 1.29 is 18.3 Å². The Morgan fingerprint density at radius 2 is 1.77 bits per heavy atom. The van der Waals surface area contributed by atoms with Gasteiger partial charge in [-0.1, -0.05) is 23.8 Å². The van der Waals surface area contributed by atoms with Gasteiger partial charge in [-0.2, -0.15) is 8.42 Å². The fourth-order valence-electron chi connectivity index (χ4n) is 6.10. The van der Waals surface area contributed by atoms with E-state index in [1.54, 1.807) is 6.08 Å². The molecule has 2 atom stereocenters. The van der Waals surface area contributed by atoms with E-state index in [1.165, 1.54) is 19.5 Å². The Bertz CT molecular complexity index is 792. The van der Waals surface area contributed by atoms with E-state index < -0.39 is 28.2 Å². The molecule has 26 heavy (non-hydrogen) atoms. The number of halogens is 1. The van der Waals surface area contributed by atoms with Crippen molar-refractivity contribution >= 4 is 32.7 Å². The van der Waals surface area contributed by atoms with Crippen LogP contribution in [0.4, 0.5) is 0 Å². The third-order valence-corrected chi connectivity index (χ3v) is 8.26. The first-order valence-corrected chi connectivity index (χ1v) is 10.8. The molecule has 0 radical (unpaired) electrons. The van der Waals surface area contributed by atoms with Crippen LogP contribution in [0.3, 0.4) is 0 Å². The van der Waals surface area contributed by atoms with Crippen molar-refractivity contribution in [3.05, 3.63) is 22.8 Å². The van der Waals surface area contributed by atoms with E-state index >= 15 is 0 Å². The molecule has 0 aromatic heterocycles. The van der Waals surface area contributed by atoms with Gasteiger partial charge in [0.05, 0.1) is 17.1 Å². The molecule has 1 amide bonds. The number of allylic oxidation sites excluding steroid dienone is 1. The Hall–Kier alpha value is -1.11. The van der Waals surface area contributed by atoms with Crippen LogP contribution in [0.2, 0.25) is 0 Å². The van der Waals surface area contributed by atoms with Gasteiger partial charge in [-0.25, -0.2) is 0 Å². The highest BCUT2D eigenvalue weighted by Crippen LogP contribution is 2.58. The van der Waals surface area contributed by atoms with Crippen molar-refractivity contribution in [1.29, 1.82) is 0 Å². The van der Waals surface area contributed by atoms with Gasteiger partial charge < -0.3 is 10.4 Å². The number of rotatable bonds is 3. The summed E-state index contributed by atoms with van der Waals surface area (Å²) in [4.78, 5) is 11.9. The highest BCUT2D eigenvalue weighted by Gasteiger charge is 2.51. The van der Waals surface area contributed by atoms with Gasteiger partial charge in [0.1, 0.15) is 4.86 Å². The maximum atomic E-state index is 12.0. The third-order valence-electron chi connectivity index (χ3n) is 6.91. The van der Waals surface area contributed by atoms with E-state index in [1.807, 2.05) is 0 Å². The van der Waals surface area contributed by atoms with Gasteiger partial charge in [-0.05, 0) is 61.7 Å². The molecule has 2 unspecified atom stereocenters. The second-order valence-electron chi connectivity index (χ2n) is 8.27. The molecular formula is C19H24ClNO4S. The van der Waals surface area contributed by atoms with Crippen molar-refractivity contribution in [3.63, 3.8) is 0 Å². The molecule has 5 aliphatic rings. The largest absolute Gasteiger partial charge is 0.388 e. The van der Waals surface area contributed by atoms with Crippen molar-refractivity contribution in [2.24, 2.45) is 35.5 Å². The zero-order chi connectivity index (χ0) is 18.6. The van der Waals surface area contributed by atoms with Crippen molar-refractivity contribution in [2.45, 2.75) is 38.2 Å². The monoisotopic (exact) mass is 397 g/mol. The first kappa shape index (κ1) is 18.3. The number of hydrogen-bond donors (Lipinski definition) is 2. The van der Waals surface area contributed by atoms with Gasteiger partial charge >= 0.3 is 0 Å². The lowest BCUT2D eigenvalue weighted by molar-refractivity contribution is -0.121. The van der Waals surface area contributed by atoms with Crippen LogP contribution in [-0.2, 0) is 15.1 Å². The molecule has 0 aromatic carbocycles. The number of hydrogen-bond acceptors (Lipinski definition) is 4. The van der Waals surface area contributed by atoms with E-state index in [9.17, 15) is 18.3 Å². The summed E-state index contributed by atoms with van der Waals surface area (Å²) in [6.45, 7) is 0. The number of amides is 1. The van der Waals surface area contributed by atoms with Crippen LogP contribution in [0.1, 0.15) is 32.1 Å². The van der Waals surface area contributed by atoms with E-state index in [0.717, 1.165) is 37.5 Å². The summed E-state index contributed by atoms with van der Waals surface area (Å²) in [5, 5.41) is 13.6. The Kier molecular flexibility index (Phi) is 4.78. The van der Waals surface area contributed by atoms with E-state index in [4.69, 9.17) is 11.6 Å². The summed E-state index contributed by atoms with van der Waals surface area (Å²) in [5.41, 5.74) is 0.448. The maximum absolute atomic E-state index is 12.0. The second kappa shape index (κ2) is 6.80. The number of nitrogens with one attached hydrogen (secondary N) is 1. The molecule has 0 aromatic rings. The lowest BCUT2D eigenvalue weighted by Gasteiger charge is -2.55. The molecular weight excluding hydrogens is 374 g/mol. The summed E-state index contributed by atoms with van der Waals surface area (Å²) in [7, 11) is -1.17. The molecule has 0 aliphatic heterocycles. The van der Waals surface area contributed by atoms with Crippen LogP contribution in [0, 0.1) is 35.5 Å². The number of aliphatic hydroxyl groups excluding tert-OH is 1. The smallest absolute Gasteiger partial charge is 0.232 e. The van der Waals surface area contributed by atoms with Gasteiger partial charge in [0.15, 0.2) is 0 Å². The van der Waals surface area contributed by atoms with E-state index in [0.29, 0.717) is 17.4 Å². The zero-order valence-corrected chi connectivity index (χ0v) is 16.3. The Morgan fingerprint density at radius 1 is 1.19 bits per heavy atom. The normalized spacial score (nSPS) is 39.3. The minimum absolute atomic E-state index is 0.00994. The predicted molar refractivity (Wildman–Crippen MR) is 100 cm³/mol. The molecule has 4 fully saturated rings. The molecule has 5 rings (SSSR count). The zero-order valence-electron chi connectivity index (χ0n) is 14.7. The minimum atomic E-state index is -2.63. The Labute approximate surface area is 160 Å². The summed E-state index contributed by atoms with van der Waals surface area (Å²) in [5.74, 6) is 1.33. The third kappa shape index (κ3) is 2.86. The summed E-state index contributed by atoms with van der Waals surface area (Å²) in [6, 6.07) is 0. The average molecular weight is 398 g/mol. The molecule has 142 valence electrons. The fourth-order valence-corrected chi connectivity index (χ4v) is 7.24. The second-order valence-corrected chi connectivity index (χ2v) is 9.56. The maximum Gasteiger partial charge on any atom is 0.232 e. The topological polar surface area (TPSA) is 83.5 Å². The Morgan fingerprint density at radius 3 is 2.27 bits per heavy atom. The molecule has 5 aliphatic carbocycles. The molecule has 2 N–H and O–H groups in total. The van der Waals surface area contributed by atoms with Gasteiger partial charge in [0, 0.05) is 12.6 Å². The van der Waals surface area contributed by atoms with Crippen LogP contribution in [0.25, 0.3) is 0 Å². The average Bonchev–Trinajstić information content (AvgIpc) is 2.59. The van der Waals surface area contributed by atoms with Crippen molar-refractivity contribution in [3.8, 4) is 0 Å². The molecule has 0 heterocycles. The minimum Gasteiger partial charge on any atom is -0.388 e. The van der Waals surface area contributed by atoms with Crippen LogP contribution in [0.5, 0.6) is 0 Å². The number of carbonyl (C=O) groups excluding carboxylic acids is 1. The van der Waals surface area contributed by atoms with Gasteiger partial charge in [-0.15, -0.1) is 0 Å². The first-order valence-electron chi connectivity index (χ1n) is 9.34. The van der Waals surface area contributed by atoms with Gasteiger partial charge in [0.25, 0.3) is 0 Å². The molecule has 0 spiro atoms. The van der Waals surface area contributed by atoms with Gasteiger partial charge in [0.2, 0.25) is 16.2 Å². The van der Waals surface area contributed by atoms with Crippen LogP contribution in [-0.4, -0.2) is 37.4 Å². The molecule has 7 heteroatoms. The van der Waals surface area contributed by atoms with E-state index in [-0.39, 0.29) is 15.8 Å². The fraction of sp³-hybridized carbons (Fsp3) is 0.684. The SMILES string of the molecule is CNC(=O)C1C=CC(C(O)C2C3CC4CC(C3)CC2C4)=C(Cl)C1=S(=O)=O. The Balaban J connectivity index is 1.67.